The van der Waals surface area contributed by atoms with Gasteiger partial charge in [-0.05, 0) is 37.6 Å². The standard InChI is InChI=1S/C22H18N2O6/c1-3-22(29)15-7-17-19-13(8-24(17)20(27)14(15)9-30-21(22)28)18(10(2)25)12-6-11(26)4-5-16(12)23-19/h4-7,26,29H,3,8-9H2,1-2H3/t22-/m0/s1. The van der Waals surface area contributed by atoms with Gasteiger partial charge in [0.25, 0.3) is 5.56 Å². The van der Waals surface area contributed by atoms with Crippen molar-refractivity contribution in [2.75, 3.05) is 0 Å². The van der Waals surface area contributed by atoms with Crippen molar-refractivity contribution in [2.24, 2.45) is 0 Å². The Bertz CT molecular complexity index is 1360. The number of cyclic esters (lactones) is 1. The maximum Gasteiger partial charge on any atom is 0.343 e. The summed E-state index contributed by atoms with van der Waals surface area (Å²) in [5, 5.41) is 21.3. The van der Waals surface area contributed by atoms with Crippen LogP contribution in [-0.4, -0.2) is 31.5 Å². The first-order valence-electron chi connectivity index (χ1n) is 9.60. The number of nitrogens with zero attached hydrogens (tertiary/aromatic N) is 2. The van der Waals surface area contributed by atoms with Crippen LogP contribution in [0.15, 0.2) is 29.1 Å². The van der Waals surface area contributed by atoms with Crippen LogP contribution in [0.4, 0.5) is 0 Å². The number of hydrogen-bond acceptors (Lipinski definition) is 7. The van der Waals surface area contributed by atoms with Gasteiger partial charge >= 0.3 is 5.97 Å². The third kappa shape index (κ3) is 2.25. The van der Waals surface area contributed by atoms with Crippen LogP contribution in [0, 0.1) is 0 Å². The number of Topliss-reactive ketones (excluding diaryl/α,β-unsaturated/α-hetero) is 1. The summed E-state index contributed by atoms with van der Waals surface area (Å²) in [5.74, 6) is -0.983. The van der Waals surface area contributed by atoms with Crippen LogP contribution >= 0.6 is 0 Å². The van der Waals surface area contributed by atoms with E-state index in [4.69, 9.17) is 4.74 Å². The third-order valence-corrected chi connectivity index (χ3v) is 6.02. The first-order valence-corrected chi connectivity index (χ1v) is 9.60. The van der Waals surface area contributed by atoms with Crippen LogP contribution in [0.1, 0.15) is 47.3 Å². The number of phenols is 1. The lowest BCUT2D eigenvalue weighted by Gasteiger charge is -2.31. The van der Waals surface area contributed by atoms with Gasteiger partial charge in [-0.15, -0.1) is 0 Å². The molecule has 2 aromatic heterocycles. The molecular weight excluding hydrogens is 388 g/mol. The average molecular weight is 406 g/mol. The molecule has 1 atom stereocenters. The van der Waals surface area contributed by atoms with Gasteiger partial charge in [-0.2, -0.15) is 0 Å². The Morgan fingerprint density at radius 3 is 2.73 bits per heavy atom. The van der Waals surface area contributed by atoms with Gasteiger partial charge < -0.3 is 19.5 Å². The molecule has 1 aromatic carbocycles. The number of rotatable bonds is 2. The van der Waals surface area contributed by atoms with Gasteiger partial charge in [0.05, 0.1) is 29.0 Å². The van der Waals surface area contributed by atoms with Gasteiger partial charge in [-0.1, -0.05) is 6.92 Å². The van der Waals surface area contributed by atoms with Crippen molar-refractivity contribution < 1.29 is 24.5 Å². The fourth-order valence-electron chi connectivity index (χ4n) is 4.47. The summed E-state index contributed by atoms with van der Waals surface area (Å²) >= 11 is 0. The van der Waals surface area contributed by atoms with Gasteiger partial charge in [0.2, 0.25) is 0 Å². The molecule has 0 radical (unpaired) electrons. The number of esters is 1. The van der Waals surface area contributed by atoms with Crippen molar-refractivity contribution in [3.8, 4) is 17.1 Å². The first-order chi connectivity index (χ1) is 14.3. The lowest BCUT2D eigenvalue weighted by atomic mass is 9.86. The Balaban J connectivity index is 1.86. The Kier molecular flexibility index (Phi) is 3.70. The Morgan fingerprint density at radius 1 is 1.27 bits per heavy atom. The SMILES string of the molecule is CC[C@@]1(O)C(=O)OCc2c1cc1n(c2=O)Cc2c-1nc1ccc(O)cc1c2C(C)=O. The summed E-state index contributed by atoms with van der Waals surface area (Å²) < 4.78 is 6.55. The molecule has 5 rings (SSSR count). The number of ether oxygens (including phenoxy) is 1. The van der Waals surface area contributed by atoms with E-state index in [1.54, 1.807) is 19.1 Å². The van der Waals surface area contributed by atoms with Crippen LogP contribution in [-0.2, 0) is 28.3 Å². The number of carbonyl (C=O) groups excluding carboxylic acids is 2. The topological polar surface area (TPSA) is 119 Å². The molecule has 0 bridgehead atoms. The molecule has 0 aliphatic carbocycles. The number of aromatic hydroxyl groups is 1. The molecule has 3 aromatic rings. The Morgan fingerprint density at radius 2 is 2.03 bits per heavy atom. The predicted molar refractivity (Wildman–Crippen MR) is 106 cm³/mol. The van der Waals surface area contributed by atoms with Crippen molar-refractivity contribution in [1.29, 1.82) is 0 Å². The van der Waals surface area contributed by atoms with E-state index in [0.29, 0.717) is 33.4 Å². The fraction of sp³-hybridized carbons (Fsp3) is 0.273. The van der Waals surface area contributed by atoms with Gasteiger partial charge in [-0.3, -0.25) is 9.59 Å². The van der Waals surface area contributed by atoms with Gasteiger partial charge in [0, 0.05) is 22.1 Å². The molecule has 2 aliphatic heterocycles. The third-order valence-electron chi connectivity index (χ3n) is 6.02. The minimum atomic E-state index is -1.91. The number of benzene rings is 1. The average Bonchev–Trinajstić information content (AvgIpc) is 3.07. The summed E-state index contributed by atoms with van der Waals surface area (Å²) in [5.41, 5.74) is 0.518. The van der Waals surface area contributed by atoms with Crippen molar-refractivity contribution >= 4 is 22.7 Å². The van der Waals surface area contributed by atoms with Crippen molar-refractivity contribution in [3.63, 3.8) is 0 Å². The molecule has 0 unspecified atom stereocenters. The second-order valence-electron chi connectivity index (χ2n) is 7.67. The van der Waals surface area contributed by atoms with E-state index in [-0.39, 0.29) is 47.8 Å². The monoisotopic (exact) mass is 406 g/mol. The van der Waals surface area contributed by atoms with E-state index < -0.39 is 11.6 Å². The number of carbonyl (C=O) groups is 2. The zero-order chi connectivity index (χ0) is 21.4. The largest absolute Gasteiger partial charge is 0.508 e. The second-order valence-corrected chi connectivity index (χ2v) is 7.67. The number of hydrogen-bond donors (Lipinski definition) is 2. The van der Waals surface area contributed by atoms with Gasteiger partial charge in [0.1, 0.15) is 12.4 Å². The summed E-state index contributed by atoms with van der Waals surface area (Å²) in [6.45, 7) is 2.98. The highest BCUT2D eigenvalue weighted by Crippen LogP contribution is 2.40. The Hall–Kier alpha value is -3.52. The van der Waals surface area contributed by atoms with Crippen LogP contribution in [0.3, 0.4) is 0 Å². The van der Waals surface area contributed by atoms with Crippen molar-refractivity contribution in [3.05, 3.63) is 56.9 Å². The number of pyridine rings is 2. The van der Waals surface area contributed by atoms with Crippen molar-refractivity contribution in [1.82, 2.24) is 9.55 Å². The highest BCUT2D eigenvalue weighted by Gasteiger charge is 2.45. The smallest absolute Gasteiger partial charge is 0.343 e. The molecule has 0 spiro atoms. The lowest BCUT2D eigenvalue weighted by molar-refractivity contribution is -0.172. The molecule has 2 N–H and O–H groups in total. The maximum absolute atomic E-state index is 13.2. The summed E-state index contributed by atoms with van der Waals surface area (Å²) in [7, 11) is 0. The molecular formula is C22H18N2O6. The lowest BCUT2D eigenvalue weighted by Crippen LogP contribution is -2.44. The first kappa shape index (κ1) is 18.5. The minimum Gasteiger partial charge on any atom is -0.508 e. The van der Waals surface area contributed by atoms with Gasteiger partial charge in [-0.25, -0.2) is 9.78 Å². The zero-order valence-corrected chi connectivity index (χ0v) is 16.4. The molecule has 0 fully saturated rings. The molecule has 8 nitrogen and oxygen atoms in total. The highest BCUT2D eigenvalue weighted by molar-refractivity contribution is 6.09. The zero-order valence-electron chi connectivity index (χ0n) is 16.4. The van der Waals surface area contributed by atoms with Crippen LogP contribution in [0.2, 0.25) is 0 Å². The molecule has 0 saturated heterocycles. The molecule has 4 heterocycles. The van der Waals surface area contributed by atoms with E-state index in [2.05, 4.69) is 4.98 Å². The van der Waals surface area contributed by atoms with Crippen LogP contribution < -0.4 is 5.56 Å². The van der Waals surface area contributed by atoms with E-state index in [1.165, 1.54) is 23.6 Å². The normalized spacial score (nSPS) is 19.2. The van der Waals surface area contributed by atoms with Crippen LogP contribution in [0.25, 0.3) is 22.3 Å². The number of fused-ring (bicyclic) bond motifs is 5. The molecule has 8 heteroatoms. The quantitative estimate of drug-likeness (QED) is 0.386. The van der Waals surface area contributed by atoms with Crippen molar-refractivity contribution in [2.45, 2.75) is 39.0 Å². The van der Waals surface area contributed by atoms with E-state index in [1.807, 2.05) is 0 Å². The molecule has 0 saturated carbocycles. The number of phenolic OH excluding ortho intramolecular Hbond substituents is 1. The Labute approximate surface area is 170 Å². The highest BCUT2D eigenvalue weighted by atomic mass is 16.6. The van der Waals surface area contributed by atoms with E-state index in [0.717, 1.165) is 0 Å². The van der Waals surface area contributed by atoms with Crippen LogP contribution in [0.5, 0.6) is 5.75 Å². The fourth-order valence-corrected chi connectivity index (χ4v) is 4.47. The number of aliphatic hydroxyl groups is 1. The van der Waals surface area contributed by atoms with E-state index in [9.17, 15) is 24.6 Å². The summed E-state index contributed by atoms with van der Waals surface area (Å²) in [4.78, 5) is 42.6. The van der Waals surface area contributed by atoms with Gasteiger partial charge in [0.15, 0.2) is 11.4 Å². The summed E-state index contributed by atoms with van der Waals surface area (Å²) in [6, 6.07) is 6.18. The molecule has 30 heavy (non-hydrogen) atoms. The number of ketones is 1. The number of aromatic nitrogens is 2. The predicted octanol–water partition coefficient (Wildman–Crippen LogP) is 1.99. The maximum atomic E-state index is 13.2. The summed E-state index contributed by atoms with van der Waals surface area (Å²) in [6.07, 6.45) is 0.0533. The second kappa shape index (κ2) is 5.99. The molecule has 0 amide bonds. The molecule has 152 valence electrons. The minimum absolute atomic E-state index is 0.0126. The van der Waals surface area contributed by atoms with E-state index >= 15 is 0 Å². The molecule has 2 aliphatic rings.